The maximum Gasteiger partial charge on any atom is 0.266 e. The molecule has 2 saturated heterocycles. The Morgan fingerprint density at radius 1 is 1.18 bits per heavy atom. The number of aromatic nitrogens is 1. The summed E-state index contributed by atoms with van der Waals surface area (Å²) < 4.78 is 33.4. The van der Waals surface area contributed by atoms with Crippen molar-refractivity contribution in [2.24, 2.45) is 5.92 Å². The van der Waals surface area contributed by atoms with Crippen LogP contribution in [0, 0.1) is 12.8 Å². The number of nitrogens with zero attached hydrogens (tertiary/aromatic N) is 3. The molecule has 2 aliphatic heterocycles. The summed E-state index contributed by atoms with van der Waals surface area (Å²) in [6, 6.07) is 6.68. The zero-order valence-corrected chi connectivity index (χ0v) is 21.4. The summed E-state index contributed by atoms with van der Waals surface area (Å²) >= 11 is 6.55. The Balaban J connectivity index is 1.74. The van der Waals surface area contributed by atoms with Crippen LogP contribution in [0.4, 0.5) is 5.88 Å². The molecule has 0 spiro atoms. The molecule has 7 nitrogen and oxygen atoms in total. The lowest BCUT2D eigenvalue weighted by Crippen LogP contribution is -2.31. The van der Waals surface area contributed by atoms with E-state index in [1.165, 1.54) is 17.8 Å². The van der Waals surface area contributed by atoms with Crippen molar-refractivity contribution in [2.45, 2.75) is 50.0 Å². The Labute approximate surface area is 204 Å². The van der Waals surface area contributed by atoms with Crippen molar-refractivity contribution in [2.75, 3.05) is 24.5 Å². The summed E-state index contributed by atoms with van der Waals surface area (Å²) in [6.07, 6.45) is 4.50. The Hall–Kier alpha value is -2.17. The number of hydrogen-bond donors (Lipinski definition) is 0. The molecule has 1 aromatic carbocycles. The third-order valence-corrected chi connectivity index (χ3v) is 8.55. The van der Waals surface area contributed by atoms with Crippen molar-refractivity contribution >= 4 is 56.0 Å². The average Bonchev–Trinajstić information content (AvgIpc) is 3.32. The van der Waals surface area contributed by atoms with Crippen LogP contribution in [0.5, 0.6) is 0 Å². The number of benzene rings is 1. The van der Waals surface area contributed by atoms with Crippen molar-refractivity contribution in [1.82, 2.24) is 9.88 Å². The van der Waals surface area contributed by atoms with Crippen LogP contribution in [-0.4, -0.2) is 48.2 Å². The molecule has 33 heavy (non-hydrogen) atoms. The molecule has 176 valence electrons. The maximum atomic E-state index is 13.5. The third-order valence-electron chi connectivity index (χ3n) is 5.50. The van der Waals surface area contributed by atoms with Gasteiger partial charge < -0.3 is 9.32 Å². The molecule has 10 heteroatoms. The van der Waals surface area contributed by atoms with Gasteiger partial charge in [-0.15, -0.1) is 0 Å². The summed E-state index contributed by atoms with van der Waals surface area (Å²) in [4.78, 5) is 21.3. The van der Waals surface area contributed by atoms with E-state index in [0.29, 0.717) is 28.9 Å². The van der Waals surface area contributed by atoms with Crippen molar-refractivity contribution in [3.8, 4) is 0 Å². The fourth-order valence-corrected chi connectivity index (χ4v) is 6.38. The lowest BCUT2D eigenvalue weighted by Gasteiger charge is -2.26. The van der Waals surface area contributed by atoms with Gasteiger partial charge in [-0.1, -0.05) is 55.5 Å². The molecule has 1 amide bonds. The first kappa shape index (κ1) is 24.0. The van der Waals surface area contributed by atoms with Crippen molar-refractivity contribution in [3.05, 3.63) is 40.6 Å². The van der Waals surface area contributed by atoms with Gasteiger partial charge in [0.15, 0.2) is 0 Å². The summed E-state index contributed by atoms with van der Waals surface area (Å²) in [6.45, 7) is 7.86. The summed E-state index contributed by atoms with van der Waals surface area (Å²) in [5.41, 5.74) is 0.967. The number of carbonyl (C=O) groups excluding carboxylic acids is 1. The van der Waals surface area contributed by atoms with Crippen LogP contribution in [-0.2, 0) is 14.6 Å². The van der Waals surface area contributed by atoms with Gasteiger partial charge >= 0.3 is 0 Å². The minimum absolute atomic E-state index is 0.0892. The van der Waals surface area contributed by atoms with E-state index in [4.69, 9.17) is 16.6 Å². The highest BCUT2D eigenvalue weighted by molar-refractivity contribution is 8.26. The smallest absolute Gasteiger partial charge is 0.266 e. The maximum absolute atomic E-state index is 13.5. The highest BCUT2D eigenvalue weighted by atomic mass is 32.2. The van der Waals surface area contributed by atoms with Gasteiger partial charge in [-0.05, 0) is 44.2 Å². The fraction of sp³-hybridized carbons (Fsp3) is 0.435. The molecule has 0 atom stereocenters. The molecule has 1 aromatic heterocycles. The highest BCUT2D eigenvalue weighted by Crippen LogP contribution is 2.36. The van der Waals surface area contributed by atoms with E-state index in [9.17, 15) is 13.2 Å². The van der Waals surface area contributed by atoms with Gasteiger partial charge in [0.2, 0.25) is 26.6 Å². The molecule has 0 N–H and O–H groups in total. The topological polar surface area (TPSA) is 83.7 Å². The van der Waals surface area contributed by atoms with Gasteiger partial charge in [0.1, 0.15) is 4.32 Å². The lowest BCUT2D eigenvalue weighted by atomic mass is 10.1. The summed E-state index contributed by atoms with van der Waals surface area (Å²) in [5.74, 6) is 0.385. The van der Waals surface area contributed by atoms with E-state index >= 15 is 0 Å². The minimum atomic E-state index is -3.90. The number of thiocarbonyl (C=S) groups is 1. The van der Waals surface area contributed by atoms with Crippen LogP contribution >= 0.6 is 24.0 Å². The molecule has 0 saturated carbocycles. The number of piperidine rings is 1. The number of carbonyl (C=O) groups is 1. The number of amides is 1. The number of hydrogen-bond acceptors (Lipinski definition) is 8. The first-order valence-corrected chi connectivity index (χ1v) is 13.7. The molecule has 0 unspecified atom stereocenters. The van der Waals surface area contributed by atoms with Gasteiger partial charge in [-0.25, -0.2) is 8.42 Å². The Morgan fingerprint density at radius 3 is 2.48 bits per heavy atom. The van der Waals surface area contributed by atoms with Crippen LogP contribution in [0.2, 0.25) is 0 Å². The summed E-state index contributed by atoms with van der Waals surface area (Å²) in [5, 5.41) is -0.114. The Morgan fingerprint density at radius 2 is 1.85 bits per heavy atom. The molecule has 0 aliphatic carbocycles. The molecular formula is C23H27N3O4S3. The first-order chi connectivity index (χ1) is 15.7. The fourth-order valence-electron chi connectivity index (χ4n) is 3.81. The second kappa shape index (κ2) is 9.60. The second-order valence-electron chi connectivity index (χ2n) is 8.71. The number of rotatable bonds is 6. The Kier molecular flexibility index (Phi) is 6.97. The number of oxazole rings is 1. The van der Waals surface area contributed by atoms with Gasteiger partial charge in [0.05, 0.1) is 9.80 Å². The first-order valence-electron chi connectivity index (χ1n) is 11.0. The predicted molar refractivity (Wildman–Crippen MR) is 134 cm³/mol. The van der Waals surface area contributed by atoms with E-state index in [1.807, 2.05) is 25.7 Å². The van der Waals surface area contributed by atoms with E-state index in [2.05, 4.69) is 4.98 Å². The molecule has 2 aliphatic rings. The highest BCUT2D eigenvalue weighted by Gasteiger charge is 2.35. The minimum Gasteiger partial charge on any atom is -0.420 e. The van der Waals surface area contributed by atoms with Crippen molar-refractivity contribution < 1.29 is 17.6 Å². The number of sulfone groups is 1. The molecule has 2 aromatic rings. The Bertz CT molecular complexity index is 1190. The molecule has 2 fully saturated rings. The van der Waals surface area contributed by atoms with Crippen LogP contribution in [0.25, 0.3) is 6.08 Å². The normalized spacial score (nSPS) is 18.7. The molecule has 4 rings (SSSR count). The van der Waals surface area contributed by atoms with E-state index in [-0.39, 0.29) is 33.5 Å². The summed E-state index contributed by atoms with van der Waals surface area (Å²) in [7, 11) is -3.90. The average molecular weight is 506 g/mol. The predicted octanol–water partition coefficient (Wildman–Crippen LogP) is 4.66. The number of aryl methyl sites for hydroxylation is 1. The lowest BCUT2D eigenvalue weighted by molar-refractivity contribution is -0.122. The van der Waals surface area contributed by atoms with E-state index < -0.39 is 9.84 Å². The van der Waals surface area contributed by atoms with Crippen LogP contribution in [0.15, 0.2) is 43.5 Å². The van der Waals surface area contributed by atoms with Crippen molar-refractivity contribution in [3.63, 3.8) is 0 Å². The SMILES string of the molecule is Cc1ccc(S(=O)(=O)c2nc(C=C3SC(=S)N(CC(C)C)C3=O)oc2N2CCCCC2)cc1. The molecule has 0 radical (unpaired) electrons. The quantitative estimate of drug-likeness (QED) is 0.414. The monoisotopic (exact) mass is 505 g/mol. The molecule has 3 heterocycles. The number of thioether (sulfide) groups is 1. The zero-order chi connectivity index (χ0) is 23.8. The van der Waals surface area contributed by atoms with Gasteiger partial charge in [0, 0.05) is 25.7 Å². The number of anilines is 1. The van der Waals surface area contributed by atoms with Crippen LogP contribution in [0.1, 0.15) is 44.6 Å². The van der Waals surface area contributed by atoms with Crippen molar-refractivity contribution in [1.29, 1.82) is 0 Å². The van der Waals surface area contributed by atoms with Gasteiger partial charge in [0.25, 0.3) is 5.91 Å². The standard InChI is InChI=1S/C23H27N3O4S3/c1-15(2)14-26-21(27)18(32-23(26)31)13-19-24-20(22(30-19)25-11-5-4-6-12-25)33(28,29)17-9-7-16(3)8-10-17/h7-10,13,15H,4-6,11-12,14H2,1-3H3. The van der Waals surface area contributed by atoms with Crippen LogP contribution < -0.4 is 4.90 Å². The van der Waals surface area contributed by atoms with Crippen LogP contribution in [0.3, 0.4) is 0 Å². The van der Waals surface area contributed by atoms with Gasteiger partial charge in [-0.2, -0.15) is 4.98 Å². The second-order valence-corrected chi connectivity index (χ2v) is 12.3. The van der Waals surface area contributed by atoms with E-state index in [1.54, 1.807) is 29.2 Å². The molecular weight excluding hydrogens is 478 g/mol. The largest absolute Gasteiger partial charge is 0.420 e. The van der Waals surface area contributed by atoms with E-state index in [0.717, 1.165) is 24.8 Å². The third kappa shape index (κ3) is 5.02. The molecule has 0 bridgehead atoms. The zero-order valence-electron chi connectivity index (χ0n) is 18.9. The van der Waals surface area contributed by atoms with Gasteiger partial charge in [-0.3, -0.25) is 9.69 Å².